The first-order valence-electron chi connectivity index (χ1n) is 29.8. The predicted molar refractivity (Wildman–Crippen MR) is 369 cm³/mol. The monoisotopic (exact) mass is 1610 g/mol. The van der Waals surface area contributed by atoms with Gasteiger partial charge in [-0.2, -0.15) is 22.7 Å². The van der Waals surface area contributed by atoms with Crippen LogP contribution in [-0.2, 0) is 70.3 Å². The Morgan fingerprint density at radius 2 is 0.851 bits per heavy atom. The van der Waals surface area contributed by atoms with Crippen molar-refractivity contribution in [3.63, 3.8) is 0 Å². The van der Waals surface area contributed by atoms with E-state index in [1.807, 2.05) is 151 Å². The van der Waals surface area contributed by atoms with E-state index in [1.54, 1.807) is 22.7 Å². The van der Waals surface area contributed by atoms with Crippen molar-refractivity contribution >= 4 is 86.7 Å². The SMILES string of the molecule is Cn1ccnc1-c1cc(-c2ccccn2)[c-]c(-n2c3[c-]c(-c4nc5ccc(-c6nccn6C)cc5s4)ccc3c3ccccc32)c1.Cn1ccnc1-c1ccc2sc(-c3[c-]c4c(cc3)c3cc(-c5nccn5C)ccc3n4-c3[c-]c(-c4ccccn4)ccc3)nc2c1.[Pt+2].[Pt+2]. The molecule has 0 saturated heterocycles. The van der Waals surface area contributed by atoms with Crippen LogP contribution >= 0.6 is 22.7 Å². The van der Waals surface area contributed by atoms with Crippen molar-refractivity contribution in [3.8, 4) is 101 Å². The molecule has 0 spiro atoms. The normalized spacial score (nSPS) is 11.4. The zero-order valence-corrected chi connectivity index (χ0v) is 56.8. The summed E-state index contributed by atoms with van der Waals surface area (Å²) in [4.78, 5) is 37.7. The van der Waals surface area contributed by atoms with Crippen molar-refractivity contribution in [2.24, 2.45) is 28.2 Å². The third-order valence-corrected chi connectivity index (χ3v) is 18.9. The molecule has 0 aliphatic heterocycles. The molecule has 0 fully saturated rings. The predicted octanol–water partition coefficient (Wildman–Crippen LogP) is 17.0. The Labute approximate surface area is 576 Å². The van der Waals surface area contributed by atoms with E-state index < -0.39 is 0 Å². The van der Waals surface area contributed by atoms with Crippen LogP contribution in [0, 0.1) is 24.3 Å². The Kier molecular flexibility index (Phi) is 15.7. The van der Waals surface area contributed by atoms with Gasteiger partial charge in [-0.25, -0.2) is 19.9 Å². The molecule has 18 aromatic rings. The maximum Gasteiger partial charge on any atom is 2.00 e. The number of fused-ring (bicyclic) bond motifs is 8. The maximum absolute atomic E-state index is 5.07. The van der Waals surface area contributed by atoms with Gasteiger partial charge in [0.15, 0.2) is 0 Å². The number of rotatable bonds is 10. The minimum Gasteiger partial charge on any atom is -0.346 e. The van der Waals surface area contributed by atoms with Gasteiger partial charge in [-0.05, 0) is 111 Å². The number of aromatic nitrogens is 14. The van der Waals surface area contributed by atoms with Crippen LogP contribution in [0.25, 0.3) is 165 Å². The Morgan fingerprint density at radius 3 is 1.48 bits per heavy atom. The van der Waals surface area contributed by atoms with Crippen LogP contribution < -0.4 is 0 Å². The second-order valence-electron chi connectivity index (χ2n) is 22.6. The Balaban J connectivity index is 0.000000152. The van der Waals surface area contributed by atoms with Gasteiger partial charge in [0, 0.05) is 137 Å². The van der Waals surface area contributed by atoms with Crippen LogP contribution in [0.5, 0.6) is 0 Å². The number of pyridine rings is 2. The molecule has 18 rings (SSSR count). The van der Waals surface area contributed by atoms with E-state index in [4.69, 9.17) is 9.97 Å². The van der Waals surface area contributed by atoms with Gasteiger partial charge in [0.25, 0.3) is 0 Å². The molecule has 0 amide bonds. The molecule has 14 nitrogen and oxygen atoms in total. The number of para-hydroxylation sites is 1. The topological polar surface area (TPSA) is 133 Å². The molecule has 94 heavy (non-hydrogen) atoms. The molecule has 0 saturated carbocycles. The Hall–Kier alpha value is -10.3. The average Bonchev–Trinajstić information content (AvgIpc) is 1.59. The third-order valence-electron chi connectivity index (χ3n) is 16.8. The van der Waals surface area contributed by atoms with Crippen molar-refractivity contribution in [1.29, 1.82) is 0 Å². The van der Waals surface area contributed by atoms with Crippen molar-refractivity contribution in [2.45, 2.75) is 0 Å². The molecule has 10 heterocycles. The van der Waals surface area contributed by atoms with Crippen LogP contribution in [0.4, 0.5) is 0 Å². The van der Waals surface area contributed by atoms with Gasteiger partial charge in [-0.1, -0.05) is 64.9 Å². The molecule has 10 aromatic heterocycles. The quantitative estimate of drug-likeness (QED) is 0.124. The Bertz CT molecular complexity index is 5870. The van der Waals surface area contributed by atoms with Gasteiger partial charge in [0.2, 0.25) is 0 Å². The van der Waals surface area contributed by atoms with E-state index in [-0.39, 0.29) is 42.1 Å². The number of imidazole rings is 4. The summed E-state index contributed by atoms with van der Waals surface area (Å²) in [7, 11) is 8.05. The fourth-order valence-electron chi connectivity index (χ4n) is 12.4. The minimum absolute atomic E-state index is 0. The largest absolute Gasteiger partial charge is 2.00 e. The first kappa shape index (κ1) is 59.9. The number of hydrogen-bond donors (Lipinski definition) is 0. The van der Waals surface area contributed by atoms with Crippen LogP contribution in [0.15, 0.2) is 232 Å². The van der Waals surface area contributed by atoms with Gasteiger partial charge in [0.1, 0.15) is 23.3 Å². The van der Waals surface area contributed by atoms with Gasteiger partial charge in [-0.3, -0.25) is 9.97 Å². The van der Waals surface area contributed by atoms with Crippen LogP contribution in [0.1, 0.15) is 0 Å². The molecule has 18 heteroatoms. The van der Waals surface area contributed by atoms with Gasteiger partial charge >= 0.3 is 42.1 Å². The Morgan fingerprint density at radius 1 is 0.330 bits per heavy atom. The summed E-state index contributed by atoms with van der Waals surface area (Å²) in [6, 6.07) is 73.6. The number of nitrogens with zero attached hydrogens (tertiary/aromatic N) is 14. The fourth-order valence-corrected chi connectivity index (χ4v) is 14.3. The zero-order valence-electron chi connectivity index (χ0n) is 50.6. The van der Waals surface area contributed by atoms with Gasteiger partial charge in [-0.15, -0.1) is 101 Å². The molecule has 0 atom stereocenters. The fraction of sp³-hybridized carbons (Fsp3) is 0.0526. The standard InChI is InChI=1S/2C38H25N7S.2Pt/c1-43-18-16-40-36(43)25-10-13-33-30(21-25)29-12-9-27(38-42-32-22-26(11-14-35(32)46-38)37-41-17-19-44(37)2)23-34(29)45(33)28-7-5-6-24(20-28)31-8-3-4-15-39-31;1-43-17-15-40-36(43)24-11-13-32-35(23-24)46-38(42-32)25-10-12-30-29-7-3-4-9-33(29)45(34(30)22-25)28-20-26(31-8-5-6-14-39-31)19-27(21-28)37-41-16-18-44(37)2;;/h3-19,21-22H,1-2H3;3-19,21,23H,1-2H3;;/q2*-2;2*+2. The number of aryl methyl sites for hydroxylation is 4. The molecule has 456 valence electrons. The maximum atomic E-state index is 5.07. The van der Waals surface area contributed by atoms with E-state index in [0.29, 0.717) is 0 Å². The van der Waals surface area contributed by atoms with Crippen LogP contribution in [0.3, 0.4) is 0 Å². The summed E-state index contributed by atoms with van der Waals surface area (Å²) in [5.74, 6) is 3.65. The summed E-state index contributed by atoms with van der Waals surface area (Å²) in [5.41, 5.74) is 17.4. The number of hydrogen-bond acceptors (Lipinski definition) is 10. The van der Waals surface area contributed by atoms with Gasteiger partial charge < -0.3 is 37.4 Å². The van der Waals surface area contributed by atoms with Gasteiger partial charge in [0.05, 0.1) is 11.0 Å². The summed E-state index contributed by atoms with van der Waals surface area (Å²) in [6.07, 6.45) is 18.8. The first-order valence-corrected chi connectivity index (χ1v) is 31.5. The van der Waals surface area contributed by atoms with Crippen LogP contribution in [0.2, 0.25) is 0 Å². The summed E-state index contributed by atoms with van der Waals surface area (Å²) < 4.78 is 14.9. The molecule has 0 radical (unpaired) electrons. The minimum atomic E-state index is 0. The second kappa shape index (κ2) is 24.6. The van der Waals surface area contributed by atoms with E-state index in [1.165, 1.54) is 0 Å². The number of benzene rings is 8. The summed E-state index contributed by atoms with van der Waals surface area (Å²) in [6.45, 7) is 0. The van der Waals surface area contributed by atoms with Crippen molar-refractivity contribution in [1.82, 2.24) is 67.3 Å². The zero-order chi connectivity index (χ0) is 61.6. The van der Waals surface area contributed by atoms with E-state index in [9.17, 15) is 0 Å². The molecule has 0 unspecified atom stereocenters. The number of thiazole rings is 2. The smallest absolute Gasteiger partial charge is 0.346 e. The van der Waals surface area contributed by atoms with Crippen molar-refractivity contribution in [2.75, 3.05) is 0 Å². The van der Waals surface area contributed by atoms with E-state index in [2.05, 4.69) is 191 Å². The summed E-state index contributed by atoms with van der Waals surface area (Å²) >= 11 is 3.34. The molecular weight excluding hydrogens is 1560 g/mol. The third kappa shape index (κ3) is 10.6. The molecule has 0 aliphatic rings. The summed E-state index contributed by atoms with van der Waals surface area (Å²) in [5, 5.41) is 6.34. The molecule has 0 aliphatic carbocycles. The van der Waals surface area contributed by atoms with Crippen molar-refractivity contribution < 1.29 is 42.1 Å². The van der Waals surface area contributed by atoms with E-state index >= 15 is 0 Å². The average molecular weight is 1610 g/mol. The molecule has 0 bridgehead atoms. The molecule has 8 aromatic carbocycles. The molecular formula is C76H50N14Pt2S2. The van der Waals surface area contributed by atoms with Crippen molar-refractivity contribution in [3.05, 3.63) is 256 Å². The van der Waals surface area contributed by atoms with E-state index in [0.717, 1.165) is 165 Å². The first-order chi connectivity index (χ1) is 45.2. The molecule has 0 N–H and O–H groups in total. The second-order valence-corrected chi connectivity index (χ2v) is 24.6. The van der Waals surface area contributed by atoms with Crippen LogP contribution in [-0.4, -0.2) is 67.3 Å².